The molecule has 3 aliphatic rings. The summed E-state index contributed by atoms with van der Waals surface area (Å²) >= 11 is 1.25. The third-order valence-electron chi connectivity index (χ3n) is 5.54. The number of thiophene rings is 1. The molecule has 1 aromatic heterocycles. The Kier molecular flexibility index (Phi) is 5.68. The van der Waals surface area contributed by atoms with Crippen LogP contribution in [0.5, 0.6) is 0 Å². The summed E-state index contributed by atoms with van der Waals surface area (Å²) in [7, 11) is -3.39. The first-order valence-electron chi connectivity index (χ1n) is 9.83. The van der Waals surface area contributed by atoms with Crippen LogP contribution < -0.4 is 0 Å². The fourth-order valence-corrected chi connectivity index (χ4v) is 6.47. The Bertz CT molecular complexity index is 792. The summed E-state index contributed by atoms with van der Waals surface area (Å²) in [5.41, 5.74) is 1.22. The van der Waals surface area contributed by atoms with Gasteiger partial charge in [-0.2, -0.15) is 4.31 Å². The molecule has 1 aliphatic heterocycles. The molecule has 0 spiro atoms. The summed E-state index contributed by atoms with van der Waals surface area (Å²) < 4.78 is 27.2. The maximum atomic E-state index is 13.0. The zero-order valence-electron chi connectivity index (χ0n) is 15.5. The Morgan fingerprint density at radius 2 is 1.96 bits per heavy atom. The van der Waals surface area contributed by atoms with E-state index in [0.29, 0.717) is 43.0 Å². The van der Waals surface area contributed by atoms with Gasteiger partial charge in [-0.25, -0.2) is 8.42 Å². The van der Waals surface area contributed by atoms with E-state index in [-0.39, 0.29) is 5.91 Å². The number of sulfonamides is 1. The highest BCUT2D eigenvalue weighted by molar-refractivity contribution is 7.91. The summed E-state index contributed by atoms with van der Waals surface area (Å²) in [6.45, 7) is 2.49. The first kappa shape index (κ1) is 19.1. The predicted molar refractivity (Wildman–Crippen MR) is 106 cm³/mol. The third-order valence-corrected chi connectivity index (χ3v) is 8.81. The second-order valence-electron chi connectivity index (χ2n) is 7.55. The number of hydrogen-bond acceptors (Lipinski definition) is 5. The molecule has 148 valence electrons. The van der Waals surface area contributed by atoms with Gasteiger partial charge >= 0.3 is 0 Å². The van der Waals surface area contributed by atoms with Crippen molar-refractivity contribution in [1.29, 1.82) is 0 Å². The van der Waals surface area contributed by atoms with Crippen LogP contribution in [0.2, 0.25) is 0 Å². The maximum Gasteiger partial charge on any atom is 0.252 e. The van der Waals surface area contributed by atoms with E-state index in [0.717, 1.165) is 25.7 Å². The predicted octanol–water partition coefficient (Wildman–Crippen LogP) is 2.50. The Balaban J connectivity index is 1.34. The fraction of sp³-hybridized carbons (Fsp3) is 0.632. The molecule has 2 heterocycles. The van der Waals surface area contributed by atoms with Crippen LogP contribution >= 0.6 is 11.3 Å². The standard InChI is InChI=1S/C19H27N3O3S2/c23-18(22(17-8-9-17)16-5-2-1-3-6-16)15-20-10-12-21(13-11-20)27(24,25)19-7-4-14-26-19/h4-5,7,14,17H,1-3,6,8-13,15H2. The fourth-order valence-electron chi connectivity index (χ4n) is 3.90. The Labute approximate surface area is 165 Å². The van der Waals surface area contributed by atoms with Crippen molar-refractivity contribution >= 4 is 27.3 Å². The van der Waals surface area contributed by atoms with Crippen LogP contribution in [0.15, 0.2) is 33.5 Å². The molecule has 0 N–H and O–H groups in total. The van der Waals surface area contributed by atoms with Gasteiger partial charge in [0, 0.05) is 37.9 Å². The van der Waals surface area contributed by atoms with Gasteiger partial charge in [0.2, 0.25) is 5.91 Å². The molecule has 2 aliphatic carbocycles. The molecule has 6 nitrogen and oxygen atoms in total. The van der Waals surface area contributed by atoms with Gasteiger partial charge in [-0.3, -0.25) is 9.69 Å². The highest BCUT2D eigenvalue weighted by Gasteiger charge is 2.36. The van der Waals surface area contributed by atoms with E-state index < -0.39 is 10.0 Å². The average molecular weight is 410 g/mol. The molecule has 1 aromatic rings. The minimum absolute atomic E-state index is 0.181. The number of piperazine rings is 1. The van der Waals surface area contributed by atoms with E-state index in [2.05, 4.69) is 11.0 Å². The topological polar surface area (TPSA) is 60.9 Å². The van der Waals surface area contributed by atoms with Crippen LogP contribution in [0.4, 0.5) is 0 Å². The van der Waals surface area contributed by atoms with Gasteiger partial charge in [0.1, 0.15) is 4.21 Å². The van der Waals surface area contributed by atoms with E-state index in [4.69, 9.17) is 0 Å². The summed E-state index contributed by atoms with van der Waals surface area (Å²) in [4.78, 5) is 17.1. The Morgan fingerprint density at radius 1 is 1.19 bits per heavy atom. The van der Waals surface area contributed by atoms with E-state index in [1.807, 2.05) is 4.90 Å². The van der Waals surface area contributed by atoms with Gasteiger partial charge in [0.05, 0.1) is 6.54 Å². The van der Waals surface area contributed by atoms with Crippen molar-refractivity contribution in [3.8, 4) is 0 Å². The van der Waals surface area contributed by atoms with Gasteiger partial charge in [-0.05, 0) is 50.0 Å². The molecular formula is C19H27N3O3S2. The molecule has 0 radical (unpaired) electrons. The second kappa shape index (κ2) is 8.03. The van der Waals surface area contributed by atoms with Crippen LogP contribution in [-0.2, 0) is 14.8 Å². The van der Waals surface area contributed by atoms with E-state index in [1.165, 1.54) is 29.9 Å². The summed E-state index contributed by atoms with van der Waals surface area (Å²) in [5.74, 6) is 0.181. The van der Waals surface area contributed by atoms with Gasteiger partial charge < -0.3 is 4.90 Å². The molecule has 4 rings (SSSR count). The third kappa shape index (κ3) is 4.29. The van der Waals surface area contributed by atoms with Crippen molar-refractivity contribution in [2.45, 2.75) is 48.8 Å². The zero-order chi connectivity index (χ0) is 18.9. The van der Waals surface area contributed by atoms with Crippen molar-refractivity contribution in [1.82, 2.24) is 14.1 Å². The first-order chi connectivity index (χ1) is 13.1. The van der Waals surface area contributed by atoms with Gasteiger partial charge in [0.15, 0.2) is 0 Å². The molecule has 2 fully saturated rings. The monoisotopic (exact) mass is 409 g/mol. The molecule has 27 heavy (non-hydrogen) atoms. The van der Waals surface area contributed by atoms with Crippen LogP contribution in [0.1, 0.15) is 38.5 Å². The molecule has 1 saturated carbocycles. The lowest BCUT2D eigenvalue weighted by Crippen LogP contribution is -2.51. The van der Waals surface area contributed by atoms with Gasteiger partial charge in [-0.1, -0.05) is 12.1 Å². The Hall–Kier alpha value is -1.22. The number of amides is 1. The lowest BCUT2D eigenvalue weighted by Gasteiger charge is -2.35. The number of allylic oxidation sites excluding steroid dienone is 2. The molecule has 1 amide bonds. The van der Waals surface area contributed by atoms with E-state index >= 15 is 0 Å². The van der Waals surface area contributed by atoms with Crippen LogP contribution in [0.25, 0.3) is 0 Å². The molecule has 0 unspecified atom stereocenters. The highest BCUT2D eigenvalue weighted by atomic mass is 32.2. The summed E-state index contributed by atoms with van der Waals surface area (Å²) in [6, 6.07) is 3.81. The summed E-state index contributed by atoms with van der Waals surface area (Å²) in [6.07, 6.45) is 8.93. The summed E-state index contributed by atoms with van der Waals surface area (Å²) in [5, 5.41) is 1.79. The van der Waals surface area contributed by atoms with Crippen LogP contribution in [0.3, 0.4) is 0 Å². The lowest BCUT2D eigenvalue weighted by atomic mass is 10.0. The highest BCUT2D eigenvalue weighted by Crippen LogP contribution is 2.34. The van der Waals surface area contributed by atoms with E-state index in [9.17, 15) is 13.2 Å². The molecule has 8 heteroatoms. The lowest BCUT2D eigenvalue weighted by molar-refractivity contribution is -0.131. The van der Waals surface area contributed by atoms with E-state index in [1.54, 1.807) is 21.8 Å². The van der Waals surface area contributed by atoms with Crippen molar-refractivity contribution in [3.63, 3.8) is 0 Å². The quantitative estimate of drug-likeness (QED) is 0.724. The molecule has 0 aromatic carbocycles. The average Bonchev–Trinajstić information content (AvgIpc) is 3.33. The first-order valence-corrected chi connectivity index (χ1v) is 12.1. The zero-order valence-corrected chi connectivity index (χ0v) is 17.2. The number of carbonyl (C=O) groups is 1. The van der Waals surface area contributed by atoms with Crippen molar-refractivity contribution in [2.75, 3.05) is 32.7 Å². The Morgan fingerprint density at radius 3 is 2.56 bits per heavy atom. The minimum Gasteiger partial charge on any atom is -0.312 e. The van der Waals surface area contributed by atoms with Crippen LogP contribution in [0, 0.1) is 0 Å². The molecule has 1 saturated heterocycles. The normalized spacial score (nSPS) is 22.4. The van der Waals surface area contributed by atoms with Crippen molar-refractivity contribution < 1.29 is 13.2 Å². The number of carbonyl (C=O) groups excluding carboxylic acids is 1. The largest absolute Gasteiger partial charge is 0.312 e. The van der Waals surface area contributed by atoms with Crippen molar-refractivity contribution in [3.05, 3.63) is 29.3 Å². The number of rotatable bonds is 6. The van der Waals surface area contributed by atoms with Crippen molar-refractivity contribution in [2.24, 2.45) is 0 Å². The SMILES string of the molecule is O=C(CN1CCN(S(=O)(=O)c2cccs2)CC1)N(C1=CCCCC1)C1CC1. The smallest absolute Gasteiger partial charge is 0.252 e. The number of hydrogen-bond donors (Lipinski definition) is 0. The van der Waals surface area contributed by atoms with Crippen LogP contribution in [-0.4, -0.2) is 67.2 Å². The van der Waals surface area contributed by atoms with Gasteiger partial charge in [0.25, 0.3) is 10.0 Å². The maximum absolute atomic E-state index is 13.0. The second-order valence-corrected chi connectivity index (χ2v) is 10.7. The number of nitrogens with zero attached hydrogens (tertiary/aromatic N) is 3. The van der Waals surface area contributed by atoms with Gasteiger partial charge in [-0.15, -0.1) is 11.3 Å². The molecular weight excluding hydrogens is 382 g/mol. The molecule has 0 bridgehead atoms. The molecule has 0 atom stereocenters. The minimum atomic E-state index is -3.39.